The van der Waals surface area contributed by atoms with E-state index >= 15 is 0 Å². The van der Waals surface area contributed by atoms with E-state index in [4.69, 9.17) is 10.5 Å². The first-order valence-electron chi connectivity index (χ1n) is 8.20. The predicted molar refractivity (Wildman–Crippen MR) is 95.3 cm³/mol. The first kappa shape index (κ1) is 17.5. The molecule has 0 aliphatic heterocycles. The number of ether oxygens (including phenoxy) is 1. The van der Waals surface area contributed by atoms with E-state index in [0.717, 1.165) is 22.3 Å². The number of fused-ring (bicyclic) bond motifs is 3. The van der Waals surface area contributed by atoms with Gasteiger partial charge in [-0.05, 0) is 22.3 Å². The Morgan fingerprint density at radius 1 is 0.885 bits per heavy atom. The largest absolute Gasteiger partial charge is 0.449 e. The number of benzene rings is 2. The molecule has 2 aromatic carbocycles. The Labute approximate surface area is 150 Å². The van der Waals surface area contributed by atoms with Crippen LogP contribution in [0.25, 0.3) is 11.1 Å². The number of hydrogen-bond acceptors (Lipinski definition) is 4. The van der Waals surface area contributed by atoms with Gasteiger partial charge in [-0.3, -0.25) is 9.59 Å². The van der Waals surface area contributed by atoms with Crippen LogP contribution in [0.15, 0.2) is 48.5 Å². The van der Waals surface area contributed by atoms with Gasteiger partial charge in [0.2, 0.25) is 11.8 Å². The number of rotatable bonds is 6. The summed E-state index contributed by atoms with van der Waals surface area (Å²) in [6, 6.07) is 16.0. The number of carbonyl (C=O) groups is 3. The van der Waals surface area contributed by atoms with Crippen molar-refractivity contribution in [3.63, 3.8) is 0 Å². The standard InChI is InChI=1S/C19H19N3O4/c20-17(23)9-21-18(24)10-22-19(25)26-11-16-14-7-3-1-5-12(14)13-6-2-4-8-15(13)16/h1-8,16H,9-11H2,(H2,20,23)(H,21,24)(H,22,25). The second kappa shape index (κ2) is 7.69. The van der Waals surface area contributed by atoms with Crippen molar-refractivity contribution in [3.8, 4) is 11.1 Å². The maximum atomic E-state index is 11.9. The fourth-order valence-corrected chi connectivity index (χ4v) is 3.05. The van der Waals surface area contributed by atoms with E-state index in [-0.39, 0.29) is 25.6 Å². The quantitative estimate of drug-likeness (QED) is 0.723. The molecule has 0 unspecified atom stereocenters. The molecule has 3 amide bonds. The number of alkyl carbamates (subject to hydrolysis) is 1. The average molecular weight is 353 g/mol. The number of nitrogens with one attached hydrogen (secondary N) is 2. The normalized spacial score (nSPS) is 12.0. The summed E-state index contributed by atoms with van der Waals surface area (Å²) in [7, 11) is 0. The first-order chi connectivity index (χ1) is 12.6. The summed E-state index contributed by atoms with van der Waals surface area (Å²) in [4.78, 5) is 33.9. The molecule has 3 rings (SSSR count). The molecule has 0 spiro atoms. The van der Waals surface area contributed by atoms with Crippen LogP contribution in [-0.4, -0.2) is 37.6 Å². The van der Waals surface area contributed by atoms with Gasteiger partial charge in [0, 0.05) is 5.92 Å². The molecule has 2 aromatic rings. The van der Waals surface area contributed by atoms with Gasteiger partial charge < -0.3 is 21.1 Å². The Morgan fingerprint density at radius 2 is 1.46 bits per heavy atom. The molecular weight excluding hydrogens is 334 g/mol. The van der Waals surface area contributed by atoms with Crippen molar-refractivity contribution in [2.75, 3.05) is 19.7 Å². The number of hydrogen-bond donors (Lipinski definition) is 3. The Hall–Kier alpha value is -3.35. The molecule has 0 fully saturated rings. The Morgan fingerprint density at radius 3 is 2.04 bits per heavy atom. The van der Waals surface area contributed by atoms with Gasteiger partial charge in [-0.25, -0.2) is 4.79 Å². The van der Waals surface area contributed by atoms with Crippen LogP contribution in [0, 0.1) is 0 Å². The lowest BCUT2D eigenvalue weighted by Gasteiger charge is -2.14. The topological polar surface area (TPSA) is 111 Å². The lowest BCUT2D eigenvalue weighted by molar-refractivity contribution is -0.124. The molecule has 4 N–H and O–H groups in total. The third-order valence-corrected chi connectivity index (χ3v) is 4.20. The van der Waals surface area contributed by atoms with Crippen LogP contribution in [0.2, 0.25) is 0 Å². The molecule has 0 saturated heterocycles. The van der Waals surface area contributed by atoms with E-state index in [1.165, 1.54) is 0 Å². The van der Waals surface area contributed by atoms with Gasteiger partial charge in [-0.1, -0.05) is 48.5 Å². The summed E-state index contributed by atoms with van der Waals surface area (Å²) in [6.07, 6.45) is -0.693. The monoisotopic (exact) mass is 353 g/mol. The molecule has 26 heavy (non-hydrogen) atoms. The lowest BCUT2D eigenvalue weighted by Crippen LogP contribution is -2.40. The van der Waals surface area contributed by atoms with Gasteiger partial charge in [0.05, 0.1) is 6.54 Å². The van der Waals surface area contributed by atoms with E-state index in [0.29, 0.717) is 0 Å². The lowest BCUT2D eigenvalue weighted by atomic mass is 9.98. The van der Waals surface area contributed by atoms with Crippen molar-refractivity contribution >= 4 is 17.9 Å². The van der Waals surface area contributed by atoms with Crippen LogP contribution in [0.3, 0.4) is 0 Å². The molecule has 0 radical (unpaired) electrons. The molecule has 0 saturated carbocycles. The zero-order valence-corrected chi connectivity index (χ0v) is 14.0. The van der Waals surface area contributed by atoms with Crippen LogP contribution >= 0.6 is 0 Å². The van der Waals surface area contributed by atoms with Gasteiger partial charge in [-0.2, -0.15) is 0 Å². The van der Waals surface area contributed by atoms with Crippen molar-refractivity contribution in [1.82, 2.24) is 10.6 Å². The van der Waals surface area contributed by atoms with Crippen LogP contribution in [0.4, 0.5) is 4.79 Å². The fourth-order valence-electron chi connectivity index (χ4n) is 3.05. The minimum Gasteiger partial charge on any atom is -0.449 e. The van der Waals surface area contributed by atoms with Crippen LogP contribution in [-0.2, 0) is 14.3 Å². The predicted octanol–water partition coefficient (Wildman–Crippen LogP) is 1.13. The SMILES string of the molecule is NC(=O)CNC(=O)CNC(=O)OCC1c2ccccc2-c2ccccc21. The maximum Gasteiger partial charge on any atom is 0.407 e. The van der Waals surface area contributed by atoms with Crippen molar-refractivity contribution in [2.24, 2.45) is 5.73 Å². The summed E-state index contributed by atoms with van der Waals surface area (Å²) in [6.45, 7) is -0.391. The number of nitrogens with two attached hydrogens (primary N) is 1. The van der Waals surface area contributed by atoms with Gasteiger partial charge >= 0.3 is 6.09 Å². The molecule has 0 bridgehead atoms. The average Bonchev–Trinajstić information content (AvgIpc) is 2.97. The second-order valence-corrected chi connectivity index (χ2v) is 5.92. The van der Waals surface area contributed by atoms with Crippen molar-refractivity contribution < 1.29 is 19.1 Å². The minimum atomic E-state index is -0.693. The highest BCUT2D eigenvalue weighted by molar-refractivity contribution is 5.86. The highest BCUT2D eigenvalue weighted by Crippen LogP contribution is 2.44. The molecule has 0 atom stereocenters. The van der Waals surface area contributed by atoms with E-state index in [2.05, 4.69) is 22.8 Å². The second-order valence-electron chi connectivity index (χ2n) is 5.92. The Kier molecular flexibility index (Phi) is 5.17. The zero-order chi connectivity index (χ0) is 18.5. The van der Waals surface area contributed by atoms with E-state index in [1.54, 1.807) is 0 Å². The van der Waals surface area contributed by atoms with Gasteiger partial charge in [0.1, 0.15) is 13.2 Å². The minimum absolute atomic E-state index is 0.0446. The van der Waals surface area contributed by atoms with Gasteiger partial charge in [-0.15, -0.1) is 0 Å². The molecule has 0 heterocycles. The van der Waals surface area contributed by atoms with Crippen LogP contribution in [0.1, 0.15) is 17.0 Å². The highest BCUT2D eigenvalue weighted by atomic mass is 16.5. The molecule has 7 nitrogen and oxygen atoms in total. The first-order valence-corrected chi connectivity index (χ1v) is 8.20. The highest BCUT2D eigenvalue weighted by Gasteiger charge is 2.28. The smallest absolute Gasteiger partial charge is 0.407 e. The summed E-state index contributed by atoms with van der Waals surface area (Å²) in [5.74, 6) is -1.21. The summed E-state index contributed by atoms with van der Waals surface area (Å²) >= 11 is 0. The number of amides is 3. The number of carbonyl (C=O) groups excluding carboxylic acids is 3. The van der Waals surface area contributed by atoms with E-state index in [9.17, 15) is 14.4 Å². The van der Waals surface area contributed by atoms with Gasteiger partial charge in [0.15, 0.2) is 0 Å². The third kappa shape index (κ3) is 3.83. The molecule has 7 heteroatoms. The van der Waals surface area contributed by atoms with Crippen molar-refractivity contribution in [2.45, 2.75) is 5.92 Å². The number of primary amides is 1. The molecule has 1 aliphatic rings. The van der Waals surface area contributed by atoms with Gasteiger partial charge in [0.25, 0.3) is 0 Å². The molecular formula is C19H19N3O4. The summed E-state index contributed by atoms with van der Waals surface area (Å²) in [5, 5.41) is 4.63. The zero-order valence-electron chi connectivity index (χ0n) is 14.0. The van der Waals surface area contributed by atoms with E-state index < -0.39 is 17.9 Å². The van der Waals surface area contributed by atoms with E-state index in [1.807, 2.05) is 36.4 Å². The van der Waals surface area contributed by atoms with Crippen LogP contribution in [0.5, 0.6) is 0 Å². The molecule has 1 aliphatic carbocycles. The Bertz CT molecular complexity index is 805. The maximum absolute atomic E-state index is 11.9. The Balaban J connectivity index is 1.57. The fraction of sp³-hybridized carbons (Fsp3) is 0.211. The van der Waals surface area contributed by atoms with Crippen molar-refractivity contribution in [1.29, 1.82) is 0 Å². The molecule has 0 aromatic heterocycles. The summed E-state index contributed by atoms with van der Waals surface area (Å²) < 4.78 is 5.29. The summed E-state index contributed by atoms with van der Waals surface area (Å²) in [5.41, 5.74) is 9.43. The van der Waals surface area contributed by atoms with Crippen molar-refractivity contribution in [3.05, 3.63) is 59.7 Å². The third-order valence-electron chi connectivity index (χ3n) is 4.20. The van der Waals surface area contributed by atoms with Crippen LogP contribution < -0.4 is 16.4 Å². The molecule has 134 valence electrons.